The topological polar surface area (TPSA) is 86.2 Å². The number of furan rings is 1. The number of hydrogen-bond donors (Lipinski definition) is 2. The van der Waals surface area contributed by atoms with Crippen molar-refractivity contribution in [3.8, 4) is 5.88 Å². The normalized spacial score (nSPS) is 12.5. The molecule has 0 saturated heterocycles. The summed E-state index contributed by atoms with van der Waals surface area (Å²) < 4.78 is 11.1. The molecule has 0 saturated carbocycles. The SMILES string of the molecule is Cc1cc(C(C)Nc2ncnc(OC(C)C)c2N)c(C)o1. The van der Waals surface area contributed by atoms with E-state index < -0.39 is 0 Å². The third-order valence-corrected chi connectivity index (χ3v) is 3.09. The lowest BCUT2D eigenvalue weighted by Crippen LogP contribution is -2.14. The van der Waals surface area contributed by atoms with Crippen LogP contribution in [0.15, 0.2) is 16.8 Å². The van der Waals surface area contributed by atoms with E-state index in [-0.39, 0.29) is 12.1 Å². The molecular formula is C15H22N4O2. The van der Waals surface area contributed by atoms with Crippen LogP contribution in [0.25, 0.3) is 0 Å². The maximum Gasteiger partial charge on any atom is 0.242 e. The highest BCUT2D eigenvalue weighted by molar-refractivity contribution is 5.67. The van der Waals surface area contributed by atoms with Crippen LogP contribution in [0, 0.1) is 13.8 Å². The first-order valence-electron chi connectivity index (χ1n) is 6.99. The van der Waals surface area contributed by atoms with E-state index in [1.807, 2.05) is 40.7 Å². The van der Waals surface area contributed by atoms with Gasteiger partial charge in [-0.1, -0.05) is 0 Å². The molecule has 0 aliphatic heterocycles. The van der Waals surface area contributed by atoms with Crippen LogP contribution < -0.4 is 15.8 Å². The fourth-order valence-corrected chi connectivity index (χ4v) is 2.17. The number of nitrogens with one attached hydrogen (secondary N) is 1. The number of ether oxygens (including phenoxy) is 1. The molecule has 6 heteroatoms. The highest BCUT2D eigenvalue weighted by Gasteiger charge is 2.16. The Morgan fingerprint density at radius 3 is 2.52 bits per heavy atom. The van der Waals surface area contributed by atoms with Crippen molar-refractivity contribution >= 4 is 11.5 Å². The molecule has 2 aromatic heterocycles. The van der Waals surface area contributed by atoms with Gasteiger partial charge in [0.05, 0.1) is 12.1 Å². The highest BCUT2D eigenvalue weighted by atomic mass is 16.5. The van der Waals surface area contributed by atoms with Crippen molar-refractivity contribution in [1.82, 2.24) is 9.97 Å². The molecule has 2 aromatic rings. The van der Waals surface area contributed by atoms with E-state index >= 15 is 0 Å². The Hall–Kier alpha value is -2.24. The van der Waals surface area contributed by atoms with E-state index in [1.54, 1.807) is 0 Å². The molecule has 1 unspecified atom stereocenters. The van der Waals surface area contributed by atoms with Crippen LogP contribution in [0.5, 0.6) is 5.88 Å². The number of aryl methyl sites for hydroxylation is 2. The van der Waals surface area contributed by atoms with E-state index in [4.69, 9.17) is 14.9 Å². The zero-order valence-electron chi connectivity index (χ0n) is 13.1. The van der Waals surface area contributed by atoms with Gasteiger partial charge in [0.25, 0.3) is 0 Å². The molecule has 0 aliphatic rings. The molecule has 0 fully saturated rings. The second kappa shape index (κ2) is 6.03. The summed E-state index contributed by atoms with van der Waals surface area (Å²) in [7, 11) is 0. The lowest BCUT2D eigenvalue weighted by Gasteiger charge is -2.17. The Bertz CT molecular complexity index is 622. The van der Waals surface area contributed by atoms with Gasteiger partial charge in [-0.25, -0.2) is 4.98 Å². The Balaban J connectivity index is 2.21. The third-order valence-electron chi connectivity index (χ3n) is 3.09. The van der Waals surface area contributed by atoms with Crippen molar-refractivity contribution < 1.29 is 9.15 Å². The second-order valence-electron chi connectivity index (χ2n) is 5.34. The number of rotatable bonds is 5. The van der Waals surface area contributed by atoms with Gasteiger partial charge in [0.2, 0.25) is 5.88 Å². The molecular weight excluding hydrogens is 268 g/mol. The number of nitrogens with two attached hydrogens (primary N) is 1. The minimum absolute atomic E-state index is 0.00578. The summed E-state index contributed by atoms with van der Waals surface area (Å²) >= 11 is 0. The first-order chi connectivity index (χ1) is 9.88. The summed E-state index contributed by atoms with van der Waals surface area (Å²) in [6, 6.07) is 2.03. The number of nitrogens with zero attached hydrogens (tertiary/aromatic N) is 2. The summed E-state index contributed by atoms with van der Waals surface area (Å²) in [6.45, 7) is 9.75. The molecule has 21 heavy (non-hydrogen) atoms. The van der Waals surface area contributed by atoms with Gasteiger partial charge in [-0.3, -0.25) is 0 Å². The molecule has 0 aromatic carbocycles. The van der Waals surface area contributed by atoms with Crippen LogP contribution in [0.1, 0.15) is 43.9 Å². The van der Waals surface area contributed by atoms with Crippen LogP contribution >= 0.6 is 0 Å². The molecule has 6 nitrogen and oxygen atoms in total. The smallest absolute Gasteiger partial charge is 0.242 e. The van der Waals surface area contributed by atoms with Gasteiger partial charge in [-0.15, -0.1) is 0 Å². The molecule has 0 aliphatic carbocycles. The third kappa shape index (κ3) is 3.45. The van der Waals surface area contributed by atoms with Crippen molar-refractivity contribution in [3.05, 3.63) is 29.5 Å². The maximum absolute atomic E-state index is 6.07. The Morgan fingerprint density at radius 2 is 1.95 bits per heavy atom. The highest BCUT2D eigenvalue weighted by Crippen LogP contribution is 2.30. The molecule has 0 amide bonds. The average molecular weight is 290 g/mol. The van der Waals surface area contributed by atoms with Crippen molar-refractivity contribution in [3.63, 3.8) is 0 Å². The fourth-order valence-electron chi connectivity index (χ4n) is 2.17. The van der Waals surface area contributed by atoms with Gasteiger partial charge in [-0.2, -0.15) is 4.98 Å². The predicted molar refractivity (Wildman–Crippen MR) is 82.4 cm³/mol. The van der Waals surface area contributed by atoms with Crippen LogP contribution in [0.2, 0.25) is 0 Å². The minimum Gasteiger partial charge on any atom is -0.473 e. The van der Waals surface area contributed by atoms with Gasteiger partial charge >= 0.3 is 0 Å². The summed E-state index contributed by atoms with van der Waals surface area (Å²) in [5.74, 6) is 2.73. The molecule has 0 spiro atoms. The van der Waals surface area contributed by atoms with Crippen LogP contribution in [-0.4, -0.2) is 16.1 Å². The van der Waals surface area contributed by atoms with Crippen molar-refractivity contribution in [2.75, 3.05) is 11.1 Å². The van der Waals surface area contributed by atoms with E-state index in [9.17, 15) is 0 Å². The Kier molecular flexibility index (Phi) is 4.35. The average Bonchev–Trinajstić information content (AvgIpc) is 2.73. The van der Waals surface area contributed by atoms with Crippen molar-refractivity contribution in [1.29, 1.82) is 0 Å². The number of nitrogen functional groups attached to an aromatic ring is 1. The van der Waals surface area contributed by atoms with Crippen LogP contribution in [0.4, 0.5) is 11.5 Å². The lowest BCUT2D eigenvalue weighted by molar-refractivity contribution is 0.234. The number of anilines is 2. The molecule has 1 atom stereocenters. The summed E-state index contributed by atoms with van der Waals surface area (Å²) in [6.07, 6.45) is 1.45. The fraction of sp³-hybridized carbons (Fsp3) is 0.467. The standard InChI is InChI=1S/C15H22N4O2/c1-8(2)20-15-13(16)14(17-7-18-15)19-10(4)12-6-9(3)21-11(12)5/h6-8,10H,16H2,1-5H3,(H,17,18,19). The number of aromatic nitrogens is 2. The van der Waals surface area contributed by atoms with Crippen LogP contribution in [0.3, 0.4) is 0 Å². The van der Waals surface area contributed by atoms with Gasteiger partial charge in [0.15, 0.2) is 5.82 Å². The Morgan fingerprint density at radius 1 is 1.24 bits per heavy atom. The van der Waals surface area contributed by atoms with Gasteiger partial charge in [0, 0.05) is 5.56 Å². The van der Waals surface area contributed by atoms with Gasteiger partial charge < -0.3 is 20.2 Å². The second-order valence-corrected chi connectivity index (χ2v) is 5.34. The monoisotopic (exact) mass is 290 g/mol. The molecule has 3 N–H and O–H groups in total. The first-order valence-corrected chi connectivity index (χ1v) is 6.99. The zero-order valence-corrected chi connectivity index (χ0v) is 13.1. The summed E-state index contributed by atoms with van der Waals surface area (Å²) in [5, 5.41) is 3.28. The van der Waals surface area contributed by atoms with E-state index in [0.717, 1.165) is 17.1 Å². The first kappa shape index (κ1) is 15.2. The summed E-state index contributed by atoms with van der Waals surface area (Å²) in [4.78, 5) is 8.25. The lowest BCUT2D eigenvalue weighted by atomic mass is 10.1. The molecule has 2 heterocycles. The van der Waals surface area contributed by atoms with E-state index in [2.05, 4.69) is 15.3 Å². The maximum atomic E-state index is 6.07. The van der Waals surface area contributed by atoms with Gasteiger partial charge in [-0.05, 0) is 40.7 Å². The molecule has 114 valence electrons. The Labute approximate surface area is 124 Å². The van der Waals surface area contributed by atoms with Crippen molar-refractivity contribution in [2.45, 2.75) is 46.8 Å². The predicted octanol–water partition coefficient (Wildman–Crippen LogP) is 3.23. The quantitative estimate of drug-likeness (QED) is 0.879. The molecule has 2 rings (SSSR count). The van der Waals surface area contributed by atoms with Gasteiger partial charge in [0.1, 0.15) is 23.5 Å². The van der Waals surface area contributed by atoms with Crippen LogP contribution in [-0.2, 0) is 0 Å². The number of hydrogen-bond acceptors (Lipinski definition) is 6. The van der Waals surface area contributed by atoms with Crippen molar-refractivity contribution in [2.24, 2.45) is 0 Å². The summed E-state index contributed by atoms with van der Waals surface area (Å²) in [5.41, 5.74) is 7.56. The molecule has 0 bridgehead atoms. The van der Waals surface area contributed by atoms with E-state index in [0.29, 0.717) is 17.4 Å². The van der Waals surface area contributed by atoms with E-state index in [1.165, 1.54) is 6.33 Å². The largest absolute Gasteiger partial charge is 0.473 e. The zero-order chi connectivity index (χ0) is 15.6. The minimum atomic E-state index is 0.00578. The molecule has 0 radical (unpaired) electrons.